The number of unbranched alkanes of at least 4 members (excludes halogenated alkanes) is 2. The molecule has 0 N–H and O–H groups in total. The van der Waals surface area contributed by atoms with E-state index in [1.54, 1.807) is 0 Å². The van der Waals surface area contributed by atoms with Gasteiger partial charge in [-0.15, -0.1) is 0 Å². The lowest BCUT2D eigenvalue weighted by molar-refractivity contribution is 0.815. The Hall–Kier alpha value is -0.0431. The van der Waals surface area contributed by atoms with Gasteiger partial charge in [-0.2, -0.15) is 0 Å². The van der Waals surface area contributed by atoms with E-state index in [0.29, 0.717) is 0 Å². The molecule has 0 aromatic carbocycles. The molecule has 0 atom stereocenters. The Labute approximate surface area is 85.4 Å². The molecule has 0 bridgehead atoms. The normalized spacial score (nSPS) is 12.6. The predicted molar refractivity (Wildman–Crippen MR) is 65.9 cm³/mol. The van der Waals surface area contributed by atoms with Crippen molar-refractivity contribution in [2.75, 3.05) is 0 Å². The SMILES string of the molecule is CCCC/C=C\[Si](CC)(CC)CC. The smallest absolute Gasteiger partial charge is 0.0766 e. The highest BCUT2D eigenvalue weighted by Crippen LogP contribution is 2.21. The predicted octanol–water partition coefficient (Wildman–Crippen LogP) is 4.78. The van der Waals surface area contributed by atoms with Crippen molar-refractivity contribution in [3.05, 3.63) is 11.8 Å². The molecule has 0 nitrogen and oxygen atoms in total. The van der Waals surface area contributed by atoms with Gasteiger partial charge in [-0.3, -0.25) is 0 Å². The zero-order chi connectivity index (χ0) is 10.2. The molecular formula is C12H26Si. The molecule has 0 aromatic rings. The fourth-order valence-corrected chi connectivity index (χ4v) is 4.63. The zero-order valence-electron chi connectivity index (χ0n) is 9.90. The van der Waals surface area contributed by atoms with E-state index in [4.69, 9.17) is 0 Å². The quantitative estimate of drug-likeness (QED) is 0.408. The van der Waals surface area contributed by atoms with Crippen LogP contribution in [0.25, 0.3) is 0 Å². The average Bonchev–Trinajstić information content (AvgIpc) is 2.20. The lowest BCUT2D eigenvalue weighted by atomic mass is 10.2. The van der Waals surface area contributed by atoms with E-state index >= 15 is 0 Å². The van der Waals surface area contributed by atoms with E-state index < -0.39 is 8.07 Å². The van der Waals surface area contributed by atoms with Gasteiger partial charge < -0.3 is 0 Å². The second-order valence-electron chi connectivity index (χ2n) is 3.97. The molecule has 0 aliphatic heterocycles. The Morgan fingerprint density at radius 2 is 1.46 bits per heavy atom. The summed E-state index contributed by atoms with van der Waals surface area (Å²) in [6.45, 7) is 9.36. The molecule has 78 valence electrons. The molecule has 13 heavy (non-hydrogen) atoms. The highest BCUT2D eigenvalue weighted by Gasteiger charge is 2.22. The van der Waals surface area contributed by atoms with Crippen LogP contribution in [-0.4, -0.2) is 8.07 Å². The highest BCUT2D eigenvalue weighted by atomic mass is 28.3. The van der Waals surface area contributed by atoms with Gasteiger partial charge in [0.2, 0.25) is 0 Å². The maximum atomic E-state index is 2.60. The highest BCUT2D eigenvalue weighted by molar-refractivity contribution is 6.84. The first-order valence-corrected chi connectivity index (χ1v) is 8.62. The Morgan fingerprint density at radius 3 is 1.85 bits per heavy atom. The summed E-state index contributed by atoms with van der Waals surface area (Å²) in [5, 5.41) is 0. The standard InChI is InChI=1S/C12H26Si/c1-5-9-10-11-12-13(6-2,7-3)8-4/h11-12H,5-10H2,1-4H3/b12-11-. The summed E-state index contributed by atoms with van der Waals surface area (Å²) in [7, 11) is -0.948. The monoisotopic (exact) mass is 198 g/mol. The molecule has 1 heteroatoms. The Balaban J connectivity index is 4.00. The van der Waals surface area contributed by atoms with Gasteiger partial charge in [0.25, 0.3) is 0 Å². The van der Waals surface area contributed by atoms with Crippen LogP contribution in [0.4, 0.5) is 0 Å². The minimum absolute atomic E-state index is 0.948. The number of rotatable bonds is 7. The molecule has 0 saturated carbocycles. The fourth-order valence-electron chi connectivity index (χ4n) is 1.76. The molecule has 0 saturated heterocycles. The van der Waals surface area contributed by atoms with Crippen molar-refractivity contribution >= 4 is 8.07 Å². The molecule has 0 aliphatic carbocycles. The van der Waals surface area contributed by atoms with Gasteiger partial charge in [0.05, 0.1) is 8.07 Å². The minimum Gasteiger partial charge on any atom is -0.0981 e. The summed E-state index contributed by atoms with van der Waals surface area (Å²) in [5.74, 6) is 0. The van der Waals surface area contributed by atoms with Crippen LogP contribution < -0.4 is 0 Å². The van der Waals surface area contributed by atoms with E-state index in [1.807, 2.05) is 0 Å². The molecule has 0 fully saturated rings. The fraction of sp³-hybridized carbons (Fsp3) is 0.833. The summed E-state index contributed by atoms with van der Waals surface area (Å²) in [5.41, 5.74) is 2.60. The van der Waals surface area contributed by atoms with Crippen LogP contribution in [0.5, 0.6) is 0 Å². The van der Waals surface area contributed by atoms with Crippen LogP contribution in [0, 0.1) is 0 Å². The van der Waals surface area contributed by atoms with Crippen molar-refractivity contribution in [2.45, 2.75) is 65.1 Å². The van der Waals surface area contributed by atoms with Gasteiger partial charge in [-0.05, 0) is 6.42 Å². The molecule has 0 rings (SSSR count). The summed E-state index contributed by atoms with van der Waals surface area (Å²) in [6.07, 6.45) is 6.43. The third-order valence-electron chi connectivity index (χ3n) is 3.31. The van der Waals surface area contributed by atoms with Crippen molar-refractivity contribution in [3.8, 4) is 0 Å². The summed E-state index contributed by atoms with van der Waals surface area (Å²) < 4.78 is 0. The first-order chi connectivity index (χ1) is 6.24. The minimum atomic E-state index is -0.948. The van der Waals surface area contributed by atoms with Gasteiger partial charge in [-0.25, -0.2) is 0 Å². The lowest BCUT2D eigenvalue weighted by Gasteiger charge is -2.23. The Bertz CT molecular complexity index is 126. The molecule has 0 unspecified atom stereocenters. The van der Waals surface area contributed by atoms with Crippen LogP contribution in [0.1, 0.15) is 47.0 Å². The van der Waals surface area contributed by atoms with Crippen LogP contribution >= 0.6 is 0 Å². The first kappa shape index (κ1) is 13.0. The van der Waals surface area contributed by atoms with E-state index in [2.05, 4.69) is 39.5 Å². The van der Waals surface area contributed by atoms with E-state index in [9.17, 15) is 0 Å². The molecule has 0 heterocycles. The van der Waals surface area contributed by atoms with Crippen LogP contribution in [0.15, 0.2) is 11.8 Å². The third kappa shape index (κ3) is 4.66. The molecule has 0 aliphatic rings. The van der Waals surface area contributed by atoms with Gasteiger partial charge >= 0.3 is 0 Å². The van der Waals surface area contributed by atoms with Gasteiger partial charge in [-0.1, -0.05) is 70.4 Å². The van der Waals surface area contributed by atoms with Crippen molar-refractivity contribution < 1.29 is 0 Å². The first-order valence-electron chi connectivity index (χ1n) is 5.92. The molecule has 0 radical (unpaired) electrons. The van der Waals surface area contributed by atoms with Gasteiger partial charge in [0.15, 0.2) is 0 Å². The summed E-state index contributed by atoms with van der Waals surface area (Å²) >= 11 is 0. The van der Waals surface area contributed by atoms with Crippen molar-refractivity contribution in [3.63, 3.8) is 0 Å². The van der Waals surface area contributed by atoms with Crippen LogP contribution in [-0.2, 0) is 0 Å². The van der Waals surface area contributed by atoms with Crippen LogP contribution in [0.2, 0.25) is 18.1 Å². The molecular weight excluding hydrogens is 172 g/mol. The van der Waals surface area contributed by atoms with E-state index in [0.717, 1.165) is 0 Å². The maximum absolute atomic E-state index is 2.60. The summed E-state index contributed by atoms with van der Waals surface area (Å²) in [6, 6.07) is 4.26. The molecule has 0 aromatic heterocycles. The van der Waals surface area contributed by atoms with Gasteiger partial charge in [0, 0.05) is 0 Å². The zero-order valence-corrected chi connectivity index (χ0v) is 10.9. The van der Waals surface area contributed by atoms with E-state index in [1.165, 1.54) is 37.4 Å². The topological polar surface area (TPSA) is 0 Å². The number of allylic oxidation sites excluding steroid dienone is 1. The third-order valence-corrected chi connectivity index (χ3v) is 8.48. The lowest BCUT2D eigenvalue weighted by Crippen LogP contribution is -2.28. The largest absolute Gasteiger partial charge is 0.0981 e. The second kappa shape index (κ2) is 7.37. The Kier molecular flexibility index (Phi) is 7.34. The number of hydrogen-bond donors (Lipinski definition) is 0. The average molecular weight is 198 g/mol. The van der Waals surface area contributed by atoms with E-state index in [-0.39, 0.29) is 0 Å². The second-order valence-corrected chi connectivity index (χ2v) is 9.15. The molecule has 0 amide bonds. The van der Waals surface area contributed by atoms with Crippen molar-refractivity contribution in [2.24, 2.45) is 0 Å². The van der Waals surface area contributed by atoms with Crippen molar-refractivity contribution in [1.82, 2.24) is 0 Å². The van der Waals surface area contributed by atoms with Crippen molar-refractivity contribution in [1.29, 1.82) is 0 Å². The number of hydrogen-bond acceptors (Lipinski definition) is 0. The van der Waals surface area contributed by atoms with Crippen LogP contribution in [0.3, 0.4) is 0 Å². The Morgan fingerprint density at radius 1 is 0.923 bits per heavy atom. The van der Waals surface area contributed by atoms with Gasteiger partial charge in [0.1, 0.15) is 0 Å². The molecule has 0 spiro atoms. The summed E-state index contributed by atoms with van der Waals surface area (Å²) in [4.78, 5) is 0. The maximum Gasteiger partial charge on any atom is 0.0766 e.